The molecule has 0 fully saturated rings. The SMILES string of the molecule is CC(c1cnc2ccc(Br)cn12)N(C)C(=O)OC(C)(C)C. The van der Waals surface area contributed by atoms with Crippen LogP contribution in [0.15, 0.2) is 29.0 Å². The first-order valence-corrected chi connectivity index (χ1v) is 7.56. The maximum Gasteiger partial charge on any atom is 0.410 e. The second-order valence-electron chi connectivity index (χ2n) is 6.03. The number of hydrogen-bond donors (Lipinski definition) is 0. The Morgan fingerprint density at radius 3 is 2.71 bits per heavy atom. The van der Waals surface area contributed by atoms with Crippen LogP contribution in [0.1, 0.15) is 39.4 Å². The molecule has 0 aromatic carbocycles. The molecule has 2 rings (SSSR count). The van der Waals surface area contributed by atoms with Crippen LogP contribution in [0.2, 0.25) is 0 Å². The van der Waals surface area contributed by atoms with E-state index in [0.29, 0.717) is 0 Å². The second kappa shape index (κ2) is 5.67. The van der Waals surface area contributed by atoms with Crippen LogP contribution in [0.25, 0.3) is 5.65 Å². The van der Waals surface area contributed by atoms with Crippen LogP contribution in [0.3, 0.4) is 0 Å². The number of hydrogen-bond acceptors (Lipinski definition) is 3. The lowest BCUT2D eigenvalue weighted by molar-refractivity contribution is 0.0230. The number of ether oxygens (including phenoxy) is 1. The van der Waals surface area contributed by atoms with Crippen molar-refractivity contribution in [2.45, 2.75) is 39.3 Å². The molecule has 0 aliphatic heterocycles. The third-order valence-electron chi connectivity index (χ3n) is 3.19. The van der Waals surface area contributed by atoms with Gasteiger partial charge in [-0.15, -0.1) is 0 Å². The highest BCUT2D eigenvalue weighted by Crippen LogP contribution is 2.23. The third-order valence-corrected chi connectivity index (χ3v) is 3.66. The van der Waals surface area contributed by atoms with E-state index in [1.165, 1.54) is 0 Å². The minimum atomic E-state index is -0.506. The highest BCUT2D eigenvalue weighted by molar-refractivity contribution is 9.10. The van der Waals surface area contributed by atoms with Gasteiger partial charge in [-0.1, -0.05) is 0 Å². The summed E-state index contributed by atoms with van der Waals surface area (Å²) in [5.41, 5.74) is 1.27. The van der Waals surface area contributed by atoms with Crippen molar-refractivity contribution in [3.63, 3.8) is 0 Å². The average Bonchev–Trinajstić information content (AvgIpc) is 2.77. The Labute approximate surface area is 133 Å². The van der Waals surface area contributed by atoms with E-state index in [-0.39, 0.29) is 12.1 Å². The van der Waals surface area contributed by atoms with E-state index in [4.69, 9.17) is 4.74 Å². The van der Waals surface area contributed by atoms with E-state index in [2.05, 4.69) is 20.9 Å². The van der Waals surface area contributed by atoms with E-state index in [1.54, 1.807) is 18.1 Å². The van der Waals surface area contributed by atoms with Gasteiger partial charge in [0, 0.05) is 17.7 Å². The summed E-state index contributed by atoms with van der Waals surface area (Å²) in [5.74, 6) is 0. The van der Waals surface area contributed by atoms with Gasteiger partial charge in [-0.2, -0.15) is 0 Å². The fourth-order valence-corrected chi connectivity index (χ4v) is 2.31. The lowest BCUT2D eigenvalue weighted by Crippen LogP contribution is -2.36. The van der Waals surface area contributed by atoms with E-state index in [0.717, 1.165) is 15.8 Å². The van der Waals surface area contributed by atoms with Crippen LogP contribution in [-0.2, 0) is 4.74 Å². The monoisotopic (exact) mass is 353 g/mol. The molecular formula is C15H20BrN3O2. The summed E-state index contributed by atoms with van der Waals surface area (Å²) < 4.78 is 8.33. The van der Waals surface area contributed by atoms with Crippen molar-refractivity contribution in [2.24, 2.45) is 0 Å². The van der Waals surface area contributed by atoms with Gasteiger partial charge in [0.1, 0.15) is 11.2 Å². The van der Waals surface area contributed by atoms with Gasteiger partial charge in [-0.25, -0.2) is 9.78 Å². The molecule has 0 saturated heterocycles. The van der Waals surface area contributed by atoms with Gasteiger partial charge in [0.15, 0.2) is 0 Å². The Morgan fingerprint density at radius 2 is 2.10 bits per heavy atom. The number of rotatable bonds is 2. The quantitative estimate of drug-likeness (QED) is 0.818. The summed E-state index contributed by atoms with van der Waals surface area (Å²) in [6.07, 6.45) is 3.38. The molecule has 0 radical (unpaired) electrons. The van der Waals surface area contributed by atoms with Gasteiger partial charge in [0.25, 0.3) is 0 Å². The minimum Gasteiger partial charge on any atom is -0.444 e. The molecule has 1 unspecified atom stereocenters. The number of halogens is 1. The first-order valence-electron chi connectivity index (χ1n) is 6.77. The summed E-state index contributed by atoms with van der Waals surface area (Å²) in [5, 5.41) is 0. The molecule has 0 aliphatic rings. The molecule has 1 amide bonds. The molecule has 6 heteroatoms. The Morgan fingerprint density at radius 1 is 1.43 bits per heavy atom. The van der Waals surface area contributed by atoms with Crippen LogP contribution < -0.4 is 0 Å². The number of fused-ring (bicyclic) bond motifs is 1. The standard InChI is InChI=1S/C15H20BrN3O2/c1-10(18(5)14(20)21-15(2,3)4)12-8-17-13-7-6-11(16)9-19(12)13/h6-10H,1-5H3. The smallest absolute Gasteiger partial charge is 0.410 e. The number of carbonyl (C=O) groups excluding carboxylic acids is 1. The fourth-order valence-electron chi connectivity index (χ4n) is 1.97. The molecule has 0 spiro atoms. The summed E-state index contributed by atoms with van der Waals surface area (Å²) in [6.45, 7) is 7.52. The second-order valence-corrected chi connectivity index (χ2v) is 6.94. The molecule has 0 saturated carbocycles. The van der Waals surface area contributed by atoms with Crippen molar-refractivity contribution in [3.8, 4) is 0 Å². The third kappa shape index (κ3) is 3.56. The van der Waals surface area contributed by atoms with Gasteiger partial charge in [-0.05, 0) is 55.8 Å². The first kappa shape index (κ1) is 15.8. The Hall–Kier alpha value is -1.56. The highest BCUT2D eigenvalue weighted by Gasteiger charge is 2.25. The zero-order valence-electron chi connectivity index (χ0n) is 12.9. The number of nitrogens with zero attached hydrogens (tertiary/aromatic N) is 3. The lowest BCUT2D eigenvalue weighted by Gasteiger charge is -2.28. The summed E-state index contributed by atoms with van der Waals surface area (Å²) in [6, 6.07) is 3.71. The Balaban J connectivity index is 2.27. The van der Waals surface area contributed by atoms with Crippen LogP contribution in [0, 0.1) is 0 Å². The molecule has 0 aliphatic carbocycles. The Kier molecular flexibility index (Phi) is 4.27. The van der Waals surface area contributed by atoms with Crippen LogP contribution in [0.5, 0.6) is 0 Å². The van der Waals surface area contributed by atoms with Crippen molar-refractivity contribution < 1.29 is 9.53 Å². The molecule has 2 aromatic heterocycles. The summed E-state index contributed by atoms with van der Waals surface area (Å²) in [4.78, 5) is 18.1. The van der Waals surface area contributed by atoms with Crippen molar-refractivity contribution in [2.75, 3.05) is 7.05 Å². The summed E-state index contributed by atoms with van der Waals surface area (Å²) >= 11 is 3.45. The molecule has 2 aromatic rings. The van der Waals surface area contributed by atoms with Gasteiger partial charge in [-0.3, -0.25) is 0 Å². The topological polar surface area (TPSA) is 46.8 Å². The maximum absolute atomic E-state index is 12.2. The maximum atomic E-state index is 12.2. The summed E-state index contributed by atoms with van der Waals surface area (Å²) in [7, 11) is 1.73. The number of imidazole rings is 1. The van der Waals surface area contributed by atoms with Crippen molar-refractivity contribution in [3.05, 3.63) is 34.7 Å². The first-order chi connectivity index (χ1) is 9.69. The van der Waals surface area contributed by atoms with E-state index in [9.17, 15) is 4.79 Å². The van der Waals surface area contributed by atoms with Gasteiger partial charge < -0.3 is 14.0 Å². The fraction of sp³-hybridized carbons (Fsp3) is 0.467. The highest BCUT2D eigenvalue weighted by atomic mass is 79.9. The lowest BCUT2D eigenvalue weighted by atomic mass is 10.2. The van der Waals surface area contributed by atoms with Crippen LogP contribution in [0.4, 0.5) is 4.79 Å². The van der Waals surface area contributed by atoms with Crippen LogP contribution in [-0.4, -0.2) is 33.0 Å². The van der Waals surface area contributed by atoms with Gasteiger partial charge >= 0.3 is 6.09 Å². The number of carbonyl (C=O) groups is 1. The number of amides is 1. The van der Waals surface area contributed by atoms with Crippen molar-refractivity contribution in [1.82, 2.24) is 14.3 Å². The average molecular weight is 354 g/mol. The molecule has 1 atom stereocenters. The van der Waals surface area contributed by atoms with E-state index in [1.807, 2.05) is 50.4 Å². The largest absolute Gasteiger partial charge is 0.444 e. The van der Waals surface area contributed by atoms with Crippen molar-refractivity contribution in [1.29, 1.82) is 0 Å². The van der Waals surface area contributed by atoms with E-state index >= 15 is 0 Å². The molecular weight excluding hydrogens is 334 g/mol. The number of aromatic nitrogens is 2. The van der Waals surface area contributed by atoms with E-state index < -0.39 is 5.60 Å². The van der Waals surface area contributed by atoms with Crippen LogP contribution >= 0.6 is 15.9 Å². The molecule has 2 heterocycles. The zero-order chi connectivity index (χ0) is 15.8. The minimum absolute atomic E-state index is 0.149. The predicted octanol–water partition coefficient (Wildman–Crippen LogP) is 4.02. The molecule has 0 bridgehead atoms. The Bertz CT molecular complexity index is 660. The molecule has 114 valence electrons. The normalized spacial score (nSPS) is 13.2. The predicted molar refractivity (Wildman–Crippen MR) is 85.3 cm³/mol. The van der Waals surface area contributed by atoms with Gasteiger partial charge in [0.2, 0.25) is 0 Å². The van der Waals surface area contributed by atoms with Crippen molar-refractivity contribution >= 4 is 27.7 Å². The molecule has 0 N–H and O–H groups in total. The zero-order valence-corrected chi connectivity index (χ0v) is 14.5. The number of pyridine rings is 1. The molecule has 21 heavy (non-hydrogen) atoms. The molecule has 5 nitrogen and oxygen atoms in total. The van der Waals surface area contributed by atoms with Gasteiger partial charge in [0.05, 0.1) is 17.9 Å².